The van der Waals surface area contributed by atoms with Gasteiger partial charge in [-0.25, -0.2) is 9.38 Å². The smallest absolute Gasteiger partial charge is 0.270 e. The van der Waals surface area contributed by atoms with Crippen LogP contribution in [0.4, 0.5) is 10.1 Å². The van der Waals surface area contributed by atoms with E-state index in [4.69, 9.17) is 9.73 Å². The van der Waals surface area contributed by atoms with Crippen LogP contribution in [0.25, 0.3) is 0 Å². The molecule has 1 atom stereocenters. The van der Waals surface area contributed by atoms with E-state index in [1.54, 1.807) is 13.2 Å². The largest absolute Gasteiger partial charge is 0.497 e. The minimum atomic E-state index is -0.631. The van der Waals surface area contributed by atoms with Crippen LogP contribution in [0.1, 0.15) is 29.5 Å². The summed E-state index contributed by atoms with van der Waals surface area (Å²) in [6.45, 7) is 0.385. The molecular formula is C28H25FN4O3S. The highest BCUT2D eigenvalue weighted by atomic mass is 32.2. The summed E-state index contributed by atoms with van der Waals surface area (Å²) in [6.07, 6.45) is 0.456. The van der Waals surface area contributed by atoms with Crippen molar-refractivity contribution in [2.75, 3.05) is 7.11 Å². The number of fused-ring (bicyclic) bond motifs is 3. The van der Waals surface area contributed by atoms with Crippen molar-refractivity contribution >= 4 is 40.3 Å². The summed E-state index contributed by atoms with van der Waals surface area (Å²) < 4.78 is 18.8. The first-order valence-electron chi connectivity index (χ1n) is 11.9. The summed E-state index contributed by atoms with van der Waals surface area (Å²) in [4.78, 5) is 36.6. The molecule has 3 aromatic rings. The summed E-state index contributed by atoms with van der Waals surface area (Å²) in [6, 6.07) is 20.8. The molecular weight excluding hydrogens is 491 g/mol. The van der Waals surface area contributed by atoms with Crippen LogP contribution in [-0.2, 0) is 21.9 Å². The lowest BCUT2D eigenvalue weighted by molar-refractivity contribution is -0.122. The zero-order chi connectivity index (χ0) is 25.8. The summed E-state index contributed by atoms with van der Waals surface area (Å²) in [5, 5.41) is 3.52. The lowest BCUT2D eigenvalue weighted by atomic mass is 10.1. The molecule has 0 aliphatic carbocycles. The standard InChI is InChI=1S/C28H25FN4O3S/c1-36-21-11-9-18(10-12-21)16-30-25(34)14-13-24-27(35)32-26-22-7-2-3-8-23(22)31-28(33(24)26)37-17-19-5-4-6-20(29)15-19/h2-12,15,24H,13-14,16-17H2,1H3,(H,30,34). The number of thioether (sulfide) groups is 1. The fraction of sp³-hybridized carbons (Fsp3) is 0.214. The van der Waals surface area contributed by atoms with Gasteiger partial charge in [0.25, 0.3) is 5.91 Å². The van der Waals surface area contributed by atoms with E-state index in [0.717, 1.165) is 28.1 Å². The number of rotatable bonds is 8. The van der Waals surface area contributed by atoms with Gasteiger partial charge < -0.3 is 10.1 Å². The van der Waals surface area contributed by atoms with Gasteiger partial charge in [0.2, 0.25) is 5.91 Å². The van der Waals surface area contributed by atoms with E-state index in [2.05, 4.69) is 10.3 Å². The first-order chi connectivity index (χ1) is 18.0. The third-order valence-corrected chi connectivity index (χ3v) is 7.18. The highest BCUT2D eigenvalue weighted by molar-refractivity contribution is 8.13. The van der Waals surface area contributed by atoms with Crippen molar-refractivity contribution in [3.63, 3.8) is 0 Å². The van der Waals surface area contributed by atoms with Gasteiger partial charge in [-0.1, -0.05) is 48.2 Å². The van der Waals surface area contributed by atoms with Crippen LogP contribution in [0.5, 0.6) is 5.75 Å². The molecule has 2 amide bonds. The molecule has 5 rings (SSSR count). The molecule has 0 radical (unpaired) electrons. The van der Waals surface area contributed by atoms with Gasteiger partial charge in [0, 0.05) is 24.3 Å². The summed E-state index contributed by atoms with van der Waals surface area (Å²) in [5.74, 6) is 1.02. The number of methoxy groups -OCH3 is 1. The maximum atomic E-state index is 13.7. The van der Waals surface area contributed by atoms with E-state index < -0.39 is 6.04 Å². The van der Waals surface area contributed by atoms with E-state index in [-0.39, 0.29) is 24.1 Å². The third-order valence-electron chi connectivity index (χ3n) is 6.16. The van der Waals surface area contributed by atoms with Gasteiger partial charge in [-0.15, -0.1) is 0 Å². The Balaban J connectivity index is 1.28. The van der Waals surface area contributed by atoms with E-state index in [9.17, 15) is 14.0 Å². The second-order valence-electron chi connectivity index (χ2n) is 8.65. The maximum Gasteiger partial charge on any atom is 0.270 e. The van der Waals surface area contributed by atoms with Crippen molar-refractivity contribution in [2.45, 2.75) is 31.2 Å². The highest BCUT2D eigenvalue weighted by Crippen LogP contribution is 2.36. The first kappa shape index (κ1) is 24.7. The van der Waals surface area contributed by atoms with Crippen molar-refractivity contribution < 1.29 is 18.7 Å². The number of hydrogen-bond acceptors (Lipinski definition) is 6. The van der Waals surface area contributed by atoms with Crippen LogP contribution in [0.3, 0.4) is 0 Å². The van der Waals surface area contributed by atoms with Crippen LogP contribution in [0.2, 0.25) is 0 Å². The van der Waals surface area contributed by atoms with E-state index in [0.29, 0.717) is 29.7 Å². The number of hydrogen-bond donors (Lipinski definition) is 1. The summed E-state index contributed by atoms with van der Waals surface area (Å²) >= 11 is 1.42. The monoisotopic (exact) mass is 516 g/mol. The normalized spacial score (nSPS) is 16.0. The number of nitrogens with one attached hydrogen (secondary N) is 1. The second kappa shape index (κ2) is 11.0. The number of aliphatic imine (C=N–C) groups is 2. The minimum Gasteiger partial charge on any atom is -0.497 e. The molecule has 188 valence electrons. The predicted molar refractivity (Wildman–Crippen MR) is 142 cm³/mol. The zero-order valence-electron chi connectivity index (χ0n) is 20.2. The number of ether oxygens (including phenoxy) is 1. The van der Waals surface area contributed by atoms with Crippen LogP contribution >= 0.6 is 11.8 Å². The van der Waals surface area contributed by atoms with Crippen LogP contribution < -0.4 is 10.1 Å². The van der Waals surface area contributed by atoms with Gasteiger partial charge >= 0.3 is 0 Å². The van der Waals surface area contributed by atoms with E-state index in [1.807, 2.05) is 59.5 Å². The van der Waals surface area contributed by atoms with Gasteiger partial charge in [0.15, 0.2) is 5.17 Å². The zero-order valence-corrected chi connectivity index (χ0v) is 21.0. The first-order valence-corrected chi connectivity index (χ1v) is 12.9. The molecule has 37 heavy (non-hydrogen) atoms. The number of nitrogens with zero attached hydrogens (tertiary/aromatic N) is 3. The molecule has 0 aromatic heterocycles. The van der Waals surface area contributed by atoms with Crippen molar-refractivity contribution in [1.29, 1.82) is 0 Å². The van der Waals surface area contributed by atoms with Gasteiger partial charge in [-0.05, 0) is 53.9 Å². The molecule has 0 saturated carbocycles. The van der Waals surface area contributed by atoms with E-state index >= 15 is 0 Å². The predicted octanol–water partition coefficient (Wildman–Crippen LogP) is 4.82. The summed E-state index contributed by atoms with van der Waals surface area (Å²) in [7, 11) is 1.60. The fourth-order valence-corrected chi connectivity index (χ4v) is 5.24. The Morgan fingerprint density at radius 3 is 2.65 bits per heavy atom. The average Bonchev–Trinajstić information content (AvgIpc) is 3.26. The van der Waals surface area contributed by atoms with Crippen molar-refractivity contribution in [2.24, 2.45) is 9.98 Å². The molecule has 2 heterocycles. The Kier molecular flexibility index (Phi) is 7.32. The van der Waals surface area contributed by atoms with E-state index in [1.165, 1.54) is 23.9 Å². The molecule has 0 fully saturated rings. The molecule has 0 bridgehead atoms. The average molecular weight is 517 g/mol. The van der Waals surface area contributed by atoms with Crippen LogP contribution in [-0.4, -0.2) is 40.9 Å². The summed E-state index contributed by atoms with van der Waals surface area (Å²) in [5.41, 5.74) is 3.26. The van der Waals surface area contributed by atoms with Gasteiger partial charge in [0.05, 0.1) is 12.8 Å². The van der Waals surface area contributed by atoms with Crippen molar-refractivity contribution in [3.8, 4) is 5.75 Å². The molecule has 0 spiro atoms. The minimum absolute atomic E-state index is 0.152. The molecule has 7 nitrogen and oxygen atoms in total. The Bertz CT molecular complexity index is 1390. The Labute approximate surface area is 218 Å². The lowest BCUT2D eigenvalue weighted by Gasteiger charge is -2.31. The molecule has 2 aliphatic heterocycles. The SMILES string of the molecule is COc1ccc(CNC(=O)CCC2C(=O)N=C3c4ccccc4N=C(SCc4cccc(F)c4)N32)cc1. The van der Waals surface area contributed by atoms with Crippen LogP contribution in [0, 0.1) is 5.82 Å². The Morgan fingerprint density at radius 1 is 1.05 bits per heavy atom. The highest BCUT2D eigenvalue weighted by Gasteiger charge is 2.41. The quantitative estimate of drug-likeness (QED) is 0.464. The molecule has 9 heteroatoms. The van der Waals surface area contributed by atoms with Crippen molar-refractivity contribution in [3.05, 3.63) is 95.3 Å². The van der Waals surface area contributed by atoms with Gasteiger partial charge in [-0.2, -0.15) is 4.99 Å². The number of amidine groups is 2. The molecule has 2 aliphatic rings. The van der Waals surface area contributed by atoms with Gasteiger partial charge in [0.1, 0.15) is 23.4 Å². The number of carbonyl (C=O) groups is 2. The topological polar surface area (TPSA) is 83.4 Å². The number of para-hydroxylation sites is 1. The Hall–Kier alpha value is -3.98. The molecule has 1 unspecified atom stereocenters. The Morgan fingerprint density at radius 2 is 1.86 bits per heavy atom. The van der Waals surface area contributed by atoms with Crippen molar-refractivity contribution in [1.82, 2.24) is 10.2 Å². The molecule has 0 saturated heterocycles. The van der Waals surface area contributed by atoms with Crippen LogP contribution in [0.15, 0.2) is 82.8 Å². The number of amides is 2. The third kappa shape index (κ3) is 5.56. The second-order valence-corrected chi connectivity index (χ2v) is 9.60. The number of benzene rings is 3. The molecule has 3 aromatic carbocycles. The van der Waals surface area contributed by atoms with Gasteiger partial charge in [-0.3, -0.25) is 14.5 Å². The molecule has 1 N–H and O–H groups in total. The number of halogens is 1. The number of carbonyl (C=O) groups excluding carboxylic acids is 2. The fourth-order valence-electron chi connectivity index (χ4n) is 4.25. The lowest BCUT2D eigenvalue weighted by Crippen LogP contribution is -2.44. The maximum absolute atomic E-state index is 13.7.